The van der Waals surface area contributed by atoms with Crippen molar-refractivity contribution in [2.24, 2.45) is 10.7 Å². The SMILES string of the molecule is CCN=C(NC)NC(=N)N.Cl. The predicted molar refractivity (Wildman–Crippen MR) is 49.3 cm³/mol. The summed E-state index contributed by atoms with van der Waals surface area (Å²) in [5.74, 6) is 0.413. The third-order valence-electron chi connectivity index (χ3n) is 0.806. The van der Waals surface area contributed by atoms with E-state index >= 15 is 0 Å². The van der Waals surface area contributed by atoms with E-state index in [1.165, 1.54) is 0 Å². The average Bonchev–Trinajstić information content (AvgIpc) is 1.86. The molecule has 0 bridgehead atoms. The van der Waals surface area contributed by atoms with Gasteiger partial charge in [0.25, 0.3) is 0 Å². The number of nitrogens with zero attached hydrogens (tertiary/aromatic N) is 1. The standard InChI is InChI=1S/C5H13N5.ClH/c1-3-9-5(8-2)10-4(6)7;/h3H2,1-2H3,(H5,6,7,8,9,10);1H. The predicted octanol–water partition coefficient (Wildman–Crippen LogP) is -0.513. The first kappa shape index (κ1) is 12.7. The first-order valence-electron chi connectivity index (χ1n) is 3.04. The third-order valence-corrected chi connectivity index (χ3v) is 0.806. The summed E-state index contributed by atoms with van der Waals surface area (Å²) in [4.78, 5) is 3.96. The van der Waals surface area contributed by atoms with Crippen LogP contribution < -0.4 is 16.4 Å². The smallest absolute Gasteiger partial charge is 0.197 e. The Morgan fingerprint density at radius 2 is 2.18 bits per heavy atom. The molecule has 0 radical (unpaired) electrons. The highest BCUT2D eigenvalue weighted by Crippen LogP contribution is 1.67. The van der Waals surface area contributed by atoms with Crippen LogP contribution in [0.3, 0.4) is 0 Å². The van der Waals surface area contributed by atoms with Crippen molar-refractivity contribution in [1.29, 1.82) is 5.41 Å². The Balaban J connectivity index is 0. The molecule has 66 valence electrons. The maximum atomic E-state index is 6.85. The fraction of sp³-hybridized carbons (Fsp3) is 0.600. The zero-order chi connectivity index (χ0) is 7.98. The van der Waals surface area contributed by atoms with Crippen molar-refractivity contribution in [3.8, 4) is 0 Å². The number of rotatable bonds is 1. The number of nitrogens with one attached hydrogen (secondary N) is 3. The number of aliphatic imine (C=N–C) groups is 1. The number of hydrogen-bond acceptors (Lipinski definition) is 2. The van der Waals surface area contributed by atoms with Crippen molar-refractivity contribution in [2.45, 2.75) is 6.92 Å². The van der Waals surface area contributed by atoms with Gasteiger partial charge in [0.05, 0.1) is 0 Å². The van der Waals surface area contributed by atoms with E-state index in [9.17, 15) is 0 Å². The lowest BCUT2D eigenvalue weighted by atomic mass is 10.7. The molecule has 0 heterocycles. The van der Waals surface area contributed by atoms with Gasteiger partial charge in [0, 0.05) is 13.6 Å². The van der Waals surface area contributed by atoms with Gasteiger partial charge in [-0.2, -0.15) is 0 Å². The second kappa shape index (κ2) is 7.14. The average molecular weight is 180 g/mol. The lowest BCUT2D eigenvalue weighted by molar-refractivity contribution is 1.01. The van der Waals surface area contributed by atoms with Gasteiger partial charge in [-0.3, -0.25) is 15.7 Å². The summed E-state index contributed by atoms with van der Waals surface area (Å²) in [6.07, 6.45) is 0. The van der Waals surface area contributed by atoms with Crippen LogP contribution in [0.5, 0.6) is 0 Å². The molecule has 6 heteroatoms. The molecule has 0 saturated carbocycles. The van der Waals surface area contributed by atoms with Gasteiger partial charge in [-0.15, -0.1) is 12.4 Å². The van der Waals surface area contributed by atoms with Crippen molar-refractivity contribution in [1.82, 2.24) is 10.6 Å². The minimum Gasteiger partial charge on any atom is -0.370 e. The van der Waals surface area contributed by atoms with Crippen molar-refractivity contribution in [2.75, 3.05) is 13.6 Å². The molecule has 0 aliphatic heterocycles. The van der Waals surface area contributed by atoms with Crippen LogP contribution in [-0.4, -0.2) is 25.5 Å². The largest absolute Gasteiger partial charge is 0.370 e. The number of guanidine groups is 2. The van der Waals surface area contributed by atoms with E-state index in [1.54, 1.807) is 7.05 Å². The van der Waals surface area contributed by atoms with Crippen molar-refractivity contribution in [3.63, 3.8) is 0 Å². The lowest BCUT2D eigenvalue weighted by Gasteiger charge is -2.05. The Bertz CT molecular complexity index is 144. The lowest BCUT2D eigenvalue weighted by Crippen LogP contribution is -2.42. The molecule has 5 nitrogen and oxygen atoms in total. The molecule has 11 heavy (non-hydrogen) atoms. The molecule has 0 amide bonds. The van der Waals surface area contributed by atoms with Gasteiger partial charge in [-0.1, -0.05) is 0 Å². The van der Waals surface area contributed by atoms with Gasteiger partial charge in [0.2, 0.25) is 0 Å². The van der Waals surface area contributed by atoms with Gasteiger partial charge < -0.3 is 11.1 Å². The maximum absolute atomic E-state index is 6.85. The summed E-state index contributed by atoms with van der Waals surface area (Å²) in [6, 6.07) is 0. The van der Waals surface area contributed by atoms with Crippen LogP contribution in [0.4, 0.5) is 0 Å². The van der Waals surface area contributed by atoms with Gasteiger partial charge in [0.1, 0.15) is 0 Å². The fourth-order valence-corrected chi connectivity index (χ4v) is 0.467. The summed E-state index contributed by atoms with van der Waals surface area (Å²) in [7, 11) is 1.71. The van der Waals surface area contributed by atoms with Crippen LogP contribution in [-0.2, 0) is 0 Å². The summed E-state index contributed by atoms with van der Waals surface area (Å²) >= 11 is 0. The van der Waals surface area contributed by atoms with E-state index in [4.69, 9.17) is 11.1 Å². The first-order chi connectivity index (χ1) is 4.70. The van der Waals surface area contributed by atoms with Crippen LogP contribution in [0, 0.1) is 5.41 Å². The molecule has 0 spiro atoms. The van der Waals surface area contributed by atoms with E-state index in [1.807, 2.05) is 6.92 Å². The summed E-state index contributed by atoms with van der Waals surface area (Å²) in [5.41, 5.74) is 5.05. The van der Waals surface area contributed by atoms with Crippen molar-refractivity contribution in [3.05, 3.63) is 0 Å². The Hall–Kier alpha value is -0.970. The quantitative estimate of drug-likeness (QED) is 0.323. The Kier molecular flexibility index (Phi) is 8.23. The highest BCUT2D eigenvalue weighted by atomic mass is 35.5. The third kappa shape index (κ3) is 6.92. The van der Waals surface area contributed by atoms with Crippen LogP contribution in [0.1, 0.15) is 6.92 Å². The minimum absolute atomic E-state index is 0. The van der Waals surface area contributed by atoms with E-state index < -0.39 is 0 Å². The van der Waals surface area contributed by atoms with E-state index in [2.05, 4.69) is 15.6 Å². The highest BCUT2D eigenvalue weighted by Gasteiger charge is 1.92. The molecule has 0 atom stereocenters. The highest BCUT2D eigenvalue weighted by molar-refractivity contribution is 5.96. The van der Waals surface area contributed by atoms with Gasteiger partial charge in [-0.25, -0.2) is 0 Å². The molecule has 0 fully saturated rings. The molecule has 0 aliphatic rings. The summed E-state index contributed by atoms with van der Waals surface area (Å²) in [6.45, 7) is 2.57. The van der Waals surface area contributed by atoms with Gasteiger partial charge >= 0.3 is 0 Å². The monoisotopic (exact) mass is 179 g/mol. The molecule has 0 saturated heterocycles. The maximum Gasteiger partial charge on any atom is 0.197 e. The van der Waals surface area contributed by atoms with Gasteiger partial charge in [0.15, 0.2) is 11.9 Å². The molecule has 0 aliphatic carbocycles. The number of hydrogen-bond donors (Lipinski definition) is 4. The Morgan fingerprint density at radius 1 is 1.64 bits per heavy atom. The van der Waals surface area contributed by atoms with Crippen LogP contribution in [0.15, 0.2) is 4.99 Å². The topological polar surface area (TPSA) is 86.3 Å². The zero-order valence-corrected chi connectivity index (χ0v) is 7.46. The van der Waals surface area contributed by atoms with Crippen LogP contribution >= 0.6 is 12.4 Å². The second-order valence-corrected chi connectivity index (χ2v) is 1.61. The molecule has 0 rings (SSSR count). The molecule has 0 unspecified atom stereocenters. The molecule has 0 aromatic heterocycles. The Morgan fingerprint density at radius 3 is 2.45 bits per heavy atom. The van der Waals surface area contributed by atoms with E-state index in [-0.39, 0.29) is 18.4 Å². The summed E-state index contributed by atoms with van der Waals surface area (Å²) in [5, 5.41) is 12.1. The zero-order valence-electron chi connectivity index (χ0n) is 6.64. The Labute approximate surface area is 72.4 Å². The molecule has 0 aromatic carbocycles. The van der Waals surface area contributed by atoms with Crippen LogP contribution in [0.25, 0.3) is 0 Å². The fourth-order valence-electron chi connectivity index (χ4n) is 0.467. The number of nitrogens with two attached hydrogens (primary N) is 1. The molecule has 0 aromatic rings. The molecular weight excluding hydrogens is 166 g/mol. The van der Waals surface area contributed by atoms with Crippen LogP contribution in [0.2, 0.25) is 0 Å². The second-order valence-electron chi connectivity index (χ2n) is 1.61. The normalized spacial score (nSPS) is 9.82. The van der Waals surface area contributed by atoms with Crippen molar-refractivity contribution >= 4 is 24.3 Å². The van der Waals surface area contributed by atoms with Gasteiger partial charge in [-0.05, 0) is 6.92 Å². The number of halogens is 1. The summed E-state index contributed by atoms with van der Waals surface area (Å²) < 4.78 is 0. The molecule has 5 N–H and O–H groups in total. The van der Waals surface area contributed by atoms with E-state index in [0.29, 0.717) is 12.5 Å². The molecular formula is C5H14ClN5. The van der Waals surface area contributed by atoms with E-state index in [0.717, 1.165) is 0 Å². The van der Waals surface area contributed by atoms with Crippen molar-refractivity contribution < 1.29 is 0 Å². The first-order valence-corrected chi connectivity index (χ1v) is 3.04. The minimum atomic E-state index is -0.110.